The average molecular weight is 377 g/mol. The van der Waals surface area contributed by atoms with Crippen LogP contribution < -0.4 is 0 Å². The van der Waals surface area contributed by atoms with Gasteiger partial charge in [-0.3, -0.25) is 4.84 Å². The third kappa shape index (κ3) is 6.16. The van der Waals surface area contributed by atoms with Gasteiger partial charge >= 0.3 is 6.09 Å². The minimum atomic E-state index is -3.40. The molecule has 0 unspecified atom stereocenters. The smallest absolute Gasteiger partial charge is 0.433 e. The fourth-order valence-corrected chi connectivity index (χ4v) is 3.59. The van der Waals surface area contributed by atoms with Crippen molar-refractivity contribution in [3.63, 3.8) is 0 Å². The molecule has 0 heterocycles. The third-order valence-electron chi connectivity index (χ3n) is 3.58. The Morgan fingerprint density at radius 1 is 1.00 bits per heavy atom. The third-order valence-corrected chi connectivity index (χ3v) is 5.39. The van der Waals surface area contributed by atoms with Gasteiger partial charge in [0.05, 0.1) is 23.8 Å². The van der Waals surface area contributed by atoms with Crippen LogP contribution in [0.2, 0.25) is 0 Å². The van der Waals surface area contributed by atoms with Gasteiger partial charge in [-0.15, -0.1) is 0 Å². The molecule has 6 nitrogen and oxygen atoms in total. The number of hydroxylamine groups is 2. The zero-order valence-electron chi connectivity index (χ0n) is 14.7. The molecule has 26 heavy (non-hydrogen) atoms. The van der Waals surface area contributed by atoms with Gasteiger partial charge in [-0.1, -0.05) is 48.5 Å². The normalized spacial score (nSPS) is 11.1. The van der Waals surface area contributed by atoms with Crippen molar-refractivity contribution in [1.82, 2.24) is 5.06 Å². The summed E-state index contributed by atoms with van der Waals surface area (Å²) < 4.78 is 29.6. The van der Waals surface area contributed by atoms with Crippen molar-refractivity contribution in [3.8, 4) is 0 Å². The van der Waals surface area contributed by atoms with Crippen LogP contribution in [0.3, 0.4) is 0 Å². The average Bonchev–Trinajstić information content (AvgIpc) is 2.66. The van der Waals surface area contributed by atoms with Gasteiger partial charge in [0.1, 0.15) is 6.61 Å². The summed E-state index contributed by atoms with van der Waals surface area (Å²) in [6.45, 7) is 2.24. The molecule has 2 rings (SSSR count). The van der Waals surface area contributed by atoms with Crippen LogP contribution in [0.1, 0.15) is 18.9 Å². The van der Waals surface area contributed by atoms with Crippen molar-refractivity contribution in [2.24, 2.45) is 0 Å². The highest BCUT2D eigenvalue weighted by molar-refractivity contribution is 7.91. The highest BCUT2D eigenvalue weighted by Crippen LogP contribution is 2.12. The molecule has 140 valence electrons. The molecular weight excluding hydrogens is 354 g/mol. The van der Waals surface area contributed by atoms with E-state index in [2.05, 4.69) is 0 Å². The molecule has 0 saturated carbocycles. The Morgan fingerprint density at radius 3 is 2.23 bits per heavy atom. The second-order valence-corrected chi connectivity index (χ2v) is 7.65. The summed E-state index contributed by atoms with van der Waals surface area (Å²) in [5.41, 5.74) is 0.902. The maximum atomic E-state index is 12.3. The van der Waals surface area contributed by atoms with E-state index >= 15 is 0 Å². The monoisotopic (exact) mass is 377 g/mol. The molecule has 0 radical (unpaired) electrons. The van der Waals surface area contributed by atoms with Gasteiger partial charge < -0.3 is 4.74 Å². The molecule has 7 heteroatoms. The largest absolute Gasteiger partial charge is 0.448 e. The molecule has 0 fully saturated rings. The first-order valence-corrected chi connectivity index (χ1v) is 10.1. The van der Waals surface area contributed by atoms with E-state index < -0.39 is 15.9 Å². The predicted octanol–water partition coefficient (Wildman–Crippen LogP) is 3.44. The van der Waals surface area contributed by atoms with Crippen LogP contribution in [0.25, 0.3) is 0 Å². The van der Waals surface area contributed by atoms with Crippen molar-refractivity contribution >= 4 is 15.9 Å². The fraction of sp³-hybridized carbons (Fsp3) is 0.316. The van der Waals surface area contributed by atoms with Crippen molar-refractivity contribution in [2.45, 2.75) is 24.8 Å². The first-order valence-electron chi connectivity index (χ1n) is 8.42. The van der Waals surface area contributed by atoms with Gasteiger partial charge in [-0.2, -0.15) is 5.06 Å². The van der Waals surface area contributed by atoms with Crippen LogP contribution in [0.4, 0.5) is 4.79 Å². The molecule has 2 aromatic carbocycles. The summed E-state index contributed by atoms with van der Waals surface area (Å²) in [5, 5.41) is 1.08. The first kappa shape index (κ1) is 19.9. The molecule has 0 bridgehead atoms. The van der Waals surface area contributed by atoms with E-state index in [0.29, 0.717) is 0 Å². The number of benzene rings is 2. The SMILES string of the molecule is CCOC(=O)N(CCCS(=O)(=O)c1ccccc1)OCc1ccccc1. The van der Waals surface area contributed by atoms with Gasteiger partial charge in [0.25, 0.3) is 0 Å². The number of amides is 1. The fourth-order valence-electron chi connectivity index (χ4n) is 2.27. The van der Waals surface area contributed by atoms with Crippen molar-refractivity contribution in [2.75, 3.05) is 18.9 Å². The number of rotatable bonds is 9. The molecule has 0 atom stereocenters. The summed E-state index contributed by atoms with van der Waals surface area (Å²) in [5.74, 6) is -0.0817. The van der Waals surface area contributed by atoms with Gasteiger partial charge in [0, 0.05) is 0 Å². The van der Waals surface area contributed by atoms with E-state index in [9.17, 15) is 13.2 Å². The van der Waals surface area contributed by atoms with Gasteiger partial charge in [-0.25, -0.2) is 13.2 Å². The summed E-state index contributed by atoms with van der Waals surface area (Å²) >= 11 is 0. The number of sulfone groups is 1. The molecule has 0 N–H and O–H groups in total. The molecular formula is C19H23NO5S. The van der Waals surface area contributed by atoms with Gasteiger partial charge in [-0.05, 0) is 31.0 Å². The standard InChI is InChI=1S/C19H23NO5S/c1-2-24-19(21)20(25-16-17-10-5-3-6-11-17)14-9-15-26(22,23)18-12-7-4-8-13-18/h3-8,10-13H,2,9,14-16H2,1H3. The first-order chi connectivity index (χ1) is 12.5. The lowest BCUT2D eigenvalue weighted by Gasteiger charge is -2.21. The Morgan fingerprint density at radius 2 is 1.62 bits per heavy atom. The van der Waals surface area contributed by atoms with Gasteiger partial charge in [0.15, 0.2) is 9.84 Å². The second-order valence-electron chi connectivity index (χ2n) is 5.55. The van der Waals surface area contributed by atoms with Gasteiger partial charge in [0.2, 0.25) is 0 Å². The van der Waals surface area contributed by atoms with E-state index in [0.717, 1.165) is 10.6 Å². The maximum absolute atomic E-state index is 12.3. The number of ether oxygens (including phenoxy) is 1. The van der Waals surface area contributed by atoms with Crippen molar-refractivity contribution < 1.29 is 22.8 Å². The molecule has 0 aromatic heterocycles. The maximum Gasteiger partial charge on any atom is 0.433 e. The van der Waals surface area contributed by atoms with Crippen LogP contribution in [0, 0.1) is 0 Å². The summed E-state index contributed by atoms with van der Waals surface area (Å²) in [6.07, 6.45) is -0.384. The van der Waals surface area contributed by atoms with E-state index in [-0.39, 0.29) is 36.8 Å². The highest BCUT2D eigenvalue weighted by atomic mass is 32.2. The van der Waals surface area contributed by atoms with Crippen LogP contribution >= 0.6 is 0 Å². The Hall–Kier alpha value is -2.38. The zero-order valence-corrected chi connectivity index (χ0v) is 15.5. The van der Waals surface area contributed by atoms with E-state index in [1.165, 1.54) is 0 Å². The topological polar surface area (TPSA) is 72.9 Å². The Labute approximate surface area is 154 Å². The molecule has 0 aliphatic rings. The molecule has 0 saturated heterocycles. The predicted molar refractivity (Wildman–Crippen MR) is 98.1 cm³/mol. The number of carbonyl (C=O) groups is 1. The van der Waals surface area contributed by atoms with Crippen molar-refractivity contribution in [3.05, 3.63) is 66.2 Å². The minimum Gasteiger partial charge on any atom is -0.448 e. The molecule has 1 amide bonds. The lowest BCUT2D eigenvalue weighted by atomic mass is 10.2. The summed E-state index contributed by atoms with van der Waals surface area (Å²) in [6, 6.07) is 17.6. The van der Waals surface area contributed by atoms with E-state index in [1.807, 2.05) is 30.3 Å². The zero-order chi connectivity index (χ0) is 18.8. The van der Waals surface area contributed by atoms with E-state index in [4.69, 9.17) is 9.57 Å². The van der Waals surface area contributed by atoms with Crippen molar-refractivity contribution in [1.29, 1.82) is 0 Å². The van der Waals surface area contributed by atoms with Crippen LogP contribution in [-0.2, 0) is 26.0 Å². The summed E-state index contributed by atoms with van der Waals surface area (Å²) in [4.78, 5) is 17.8. The quantitative estimate of drug-likeness (QED) is 0.626. The number of nitrogens with zero attached hydrogens (tertiary/aromatic N) is 1. The number of hydrogen-bond donors (Lipinski definition) is 0. The van der Waals surface area contributed by atoms with E-state index in [1.54, 1.807) is 37.3 Å². The molecule has 0 aliphatic heterocycles. The summed E-state index contributed by atoms with van der Waals surface area (Å²) in [7, 11) is -3.40. The van der Waals surface area contributed by atoms with Crippen LogP contribution in [0.5, 0.6) is 0 Å². The Balaban J connectivity index is 1.92. The number of carbonyl (C=O) groups excluding carboxylic acids is 1. The second kappa shape index (κ2) is 9.94. The lowest BCUT2D eigenvalue weighted by Crippen LogP contribution is -2.33. The van der Waals surface area contributed by atoms with Crippen LogP contribution in [0.15, 0.2) is 65.6 Å². The van der Waals surface area contributed by atoms with Crippen LogP contribution in [-0.4, -0.2) is 38.5 Å². The lowest BCUT2D eigenvalue weighted by molar-refractivity contribution is -0.145. The molecule has 0 spiro atoms. The Kier molecular flexibility index (Phi) is 7.62. The number of hydrogen-bond acceptors (Lipinski definition) is 5. The highest BCUT2D eigenvalue weighted by Gasteiger charge is 2.19. The molecule has 2 aromatic rings. The molecule has 0 aliphatic carbocycles. The Bertz CT molecular complexity index is 778. The minimum absolute atomic E-state index is 0.0817.